The van der Waals surface area contributed by atoms with Crippen LogP contribution in [0.1, 0.15) is 0 Å². The van der Waals surface area contributed by atoms with E-state index in [1.807, 2.05) is 11.3 Å². The fourth-order valence-electron chi connectivity index (χ4n) is 7.36. The van der Waals surface area contributed by atoms with Crippen LogP contribution in [0.3, 0.4) is 0 Å². The van der Waals surface area contributed by atoms with Crippen molar-refractivity contribution in [2.24, 2.45) is 0 Å². The van der Waals surface area contributed by atoms with Gasteiger partial charge in [0.25, 0.3) is 0 Å². The van der Waals surface area contributed by atoms with Gasteiger partial charge in [0.1, 0.15) is 0 Å². The smallest absolute Gasteiger partial charge is 0.0555 e. The van der Waals surface area contributed by atoms with Crippen LogP contribution in [0.4, 0.5) is 0 Å². The highest BCUT2D eigenvalue weighted by Crippen LogP contribution is 2.43. The van der Waals surface area contributed by atoms with Crippen LogP contribution in [-0.4, -0.2) is 4.57 Å². The van der Waals surface area contributed by atoms with E-state index in [2.05, 4.69) is 156 Å². The van der Waals surface area contributed by atoms with E-state index in [9.17, 15) is 0 Å². The Kier molecular flexibility index (Phi) is 4.94. The summed E-state index contributed by atoms with van der Waals surface area (Å²) >= 11 is 1.89. The average molecular weight is 576 g/mol. The van der Waals surface area contributed by atoms with Crippen molar-refractivity contribution < 1.29 is 0 Å². The van der Waals surface area contributed by atoms with Gasteiger partial charge in [0.15, 0.2) is 0 Å². The van der Waals surface area contributed by atoms with Crippen LogP contribution in [0.2, 0.25) is 0 Å². The molecule has 44 heavy (non-hydrogen) atoms. The summed E-state index contributed by atoms with van der Waals surface area (Å²) in [4.78, 5) is 0. The third-order valence-electron chi connectivity index (χ3n) is 9.36. The first-order valence-corrected chi connectivity index (χ1v) is 15.9. The van der Waals surface area contributed by atoms with E-state index in [1.54, 1.807) is 0 Å². The second-order valence-electron chi connectivity index (χ2n) is 11.7. The van der Waals surface area contributed by atoms with Crippen LogP contribution < -0.4 is 0 Å². The molecule has 2 heteroatoms. The molecule has 204 valence electrons. The van der Waals surface area contributed by atoms with Crippen molar-refractivity contribution in [1.82, 2.24) is 4.57 Å². The largest absolute Gasteiger partial charge is 0.309 e. The number of para-hydroxylation sites is 2. The van der Waals surface area contributed by atoms with Crippen LogP contribution in [0.5, 0.6) is 0 Å². The van der Waals surface area contributed by atoms with Gasteiger partial charge in [-0.25, -0.2) is 0 Å². The first-order valence-electron chi connectivity index (χ1n) is 15.1. The van der Waals surface area contributed by atoms with Gasteiger partial charge < -0.3 is 4.57 Å². The Hall–Kier alpha value is -5.44. The molecule has 0 aliphatic rings. The first-order chi connectivity index (χ1) is 21.8. The average Bonchev–Trinajstić information content (AvgIpc) is 3.61. The lowest BCUT2D eigenvalue weighted by atomic mass is 9.92. The number of fused-ring (bicyclic) bond motifs is 12. The molecule has 0 aliphatic carbocycles. The zero-order valence-electron chi connectivity index (χ0n) is 23.8. The summed E-state index contributed by atoms with van der Waals surface area (Å²) in [6.45, 7) is 0. The summed E-state index contributed by atoms with van der Waals surface area (Å²) in [7, 11) is 0. The number of thiophene rings is 1. The maximum Gasteiger partial charge on any atom is 0.0555 e. The van der Waals surface area contributed by atoms with E-state index in [1.165, 1.54) is 91.1 Å². The maximum atomic E-state index is 2.43. The Morgan fingerprint density at radius 2 is 0.864 bits per heavy atom. The molecule has 0 aliphatic heterocycles. The van der Waals surface area contributed by atoms with Crippen LogP contribution >= 0.6 is 11.3 Å². The predicted octanol–water partition coefficient (Wildman–Crippen LogP) is 12.3. The summed E-state index contributed by atoms with van der Waals surface area (Å²) in [6.07, 6.45) is 0. The summed E-state index contributed by atoms with van der Waals surface area (Å²) in [6, 6.07) is 55.9. The normalized spacial score (nSPS) is 12.1. The number of rotatable bonds is 2. The van der Waals surface area contributed by atoms with Crippen LogP contribution in [0.15, 0.2) is 152 Å². The lowest BCUT2D eigenvalue weighted by Crippen LogP contribution is -1.92. The third-order valence-corrected chi connectivity index (χ3v) is 10.5. The van der Waals surface area contributed by atoms with Gasteiger partial charge in [0.05, 0.1) is 11.0 Å². The Balaban J connectivity index is 1.22. The van der Waals surface area contributed by atoms with Gasteiger partial charge in [-0.2, -0.15) is 0 Å². The van der Waals surface area contributed by atoms with Gasteiger partial charge in [0, 0.05) is 36.6 Å². The molecule has 8 aromatic carbocycles. The molecule has 2 aromatic heterocycles. The number of hydrogen-bond acceptors (Lipinski definition) is 1. The highest BCUT2D eigenvalue weighted by Gasteiger charge is 2.16. The van der Waals surface area contributed by atoms with Crippen LogP contribution in [-0.2, 0) is 0 Å². The first kappa shape index (κ1) is 24.0. The van der Waals surface area contributed by atoms with E-state index >= 15 is 0 Å². The Morgan fingerprint density at radius 3 is 1.59 bits per heavy atom. The number of nitrogens with zero attached hydrogens (tertiary/aromatic N) is 1. The Morgan fingerprint density at radius 1 is 0.318 bits per heavy atom. The minimum Gasteiger partial charge on any atom is -0.309 e. The second-order valence-corrected chi connectivity index (χ2v) is 12.8. The molecule has 0 saturated heterocycles. The molecule has 10 rings (SSSR count). The van der Waals surface area contributed by atoms with E-state index in [4.69, 9.17) is 0 Å². The van der Waals surface area contributed by atoms with Gasteiger partial charge in [-0.05, 0) is 92.0 Å². The highest BCUT2D eigenvalue weighted by atomic mass is 32.1. The van der Waals surface area contributed by atoms with Crippen molar-refractivity contribution in [2.75, 3.05) is 0 Å². The molecular weight excluding hydrogens is 551 g/mol. The Labute approximate surface area is 257 Å². The topological polar surface area (TPSA) is 4.93 Å². The van der Waals surface area contributed by atoms with E-state index in [0.29, 0.717) is 0 Å². The maximum absolute atomic E-state index is 2.43. The van der Waals surface area contributed by atoms with Crippen molar-refractivity contribution >= 4 is 85.6 Å². The minimum absolute atomic E-state index is 1.19. The van der Waals surface area contributed by atoms with Gasteiger partial charge in [-0.3, -0.25) is 0 Å². The standard InChI is InChI=1S/C42H25NS/c1-2-10-28(11-3-1)43-39-17-9-8-16-34(39)36-24-38-37-23-27(19-21-41(37)44-42(38)25-40(36)43)26-18-20-33-31-14-5-4-12-29(31)30-13-6-7-15-32(30)35(33)22-26/h1-25H. The summed E-state index contributed by atoms with van der Waals surface area (Å²) < 4.78 is 5.05. The zero-order chi connectivity index (χ0) is 28.8. The van der Waals surface area contributed by atoms with Crippen LogP contribution in [0, 0.1) is 0 Å². The lowest BCUT2D eigenvalue weighted by Gasteiger charge is -2.12. The van der Waals surface area contributed by atoms with E-state index in [0.717, 1.165) is 0 Å². The molecule has 2 heterocycles. The molecule has 0 unspecified atom stereocenters. The lowest BCUT2D eigenvalue weighted by molar-refractivity contribution is 1.18. The molecule has 10 aromatic rings. The fourth-order valence-corrected chi connectivity index (χ4v) is 8.46. The molecule has 1 nitrogen and oxygen atoms in total. The number of aromatic nitrogens is 1. The quantitative estimate of drug-likeness (QED) is 0.181. The van der Waals surface area contributed by atoms with E-state index < -0.39 is 0 Å². The van der Waals surface area contributed by atoms with Crippen molar-refractivity contribution in [3.8, 4) is 16.8 Å². The van der Waals surface area contributed by atoms with E-state index in [-0.39, 0.29) is 0 Å². The molecule has 0 amide bonds. The third kappa shape index (κ3) is 3.35. The number of benzene rings is 8. The highest BCUT2D eigenvalue weighted by molar-refractivity contribution is 7.25. The van der Waals surface area contributed by atoms with Gasteiger partial charge >= 0.3 is 0 Å². The van der Waals surface area contributed by atoms with Gasteiger partial charge in [-0.15, -0.1) is 11.3 Å². The summed E-state index contributed by atoms with van der Waals surface area (Å²) in [5.74, 6) is 0. The second kappa shape index (κ2) is 9.03. The van der Waals surface area contributed by atoms with Crippen molar-refractivity contribution in [3.05, 3.63) is 152 Å². The molecule has 0 N–H and O–H groups in total. The summed E-state index contributed by atoms with van der Waals surface area (Å²) in [5, 5.41) is 13.1. The van der Waals surface area contributed by atoms with Crippen LogP contribution in [0.25, 0.3) is 91.1 Å². The SMILES string of the molecule is c1ccc(-n2c3ccccc3c3cc4c(cc32)sc2ccc(-c3ccc5c6ccccc6c6ccccc6c5c3)cc24)cc1. The van der Waals surface area contributed by atoms with Crippen molar-refractivity contribution in [3.63, 3.8) is 0 Å². The minimum atomic E-state index is 1.19. The monoisotopic (exact) mass is 575 g/mol. The molecule has 0 spiro atoms. The molecule has 0 radical (unpaired) electrons. The zero-order valence-corrected chi connectivity index (χ0v) is 24.6. The van der Waals surface area contributed by atoms with Gasteiger partial charge in [0.2, 0.25) is 0 Å². The molecular formula is C42H25NS. The van der Waals surface area contributed by atoms with Crippen molar-refractivity contribution in [1.29, 1.82) is 0 Å². The molecule has 0 fully saturated rings. The molecule has 0 bridgehead atoms. The summed E-state index contributed by atoms with van der Waals surface area (Å²) in [5.41, 5.74) is 6.19. The molecule has 0 atom stereocenters. The van der Waals surface area contributed by atoms with Crippen molar-refractivity contribution in [2.45, 2.75) is 0 Å². The fraction of sp³-hybridized carbons (Fsp3) is 0. The number of hydrogen-bond donors (Lipinski definition) is 0. The molecule has 0 saturated carbocycles. The predicted molar refractivity (Wildman–Crippen MR) is 192 cm³/mol. The Bertz CT molecular complexity index is 2730. The van der Waals surface area contributed by atoms with Gasteiger partial charge in [-0.1, -0.05) is 103 Å².